The minimum Gasteiger partial charge on any atom is -0.456 e. The van der Waals surface area contributed by atoms with Gasteiger partial charge in [-0.05, 0) is 56.0 Å². The SMILES string of the molecule is Cc1ccc(C(=O)COC(=O)[C@@H](CC(C)C)NC(=O)c2ccc(Cl)cc2)c(C)c1. The van der Waals surface area contributed by atoms with Gasteiger partial charge in [0.05, 0.1) is 0 Å². The number of carbonyl (C=O) groups is 3. The van der Waals surface area contributed by atoms with E-state index in [1.165, 1.54) is 0 Å². The molecule has 0 saturated heterocycles. The van der Waals surface area contributed by atoms with Gasteiger partial charge in [-0.15, -0.1) is 0 Å². The molecular formula is C23H26ClNO4. The third-order valence-corrected chi connectivity index (χ3v) is 4.68. The normalized spacial score (nSPS) is 11.8. The number of amides is 1. The Hall–Kier alpha value is -2.66. The minimum atomic E-state index is -0.843. The highest BCUT2D eigenvalue weighted by molar-refractivity contribution is 6.30. The molecule has 1 N–H and O–H groups in total. The van der Waals surface area contributed by atoms with Gasteiger partial charge < -0.3 is 10.1 Å². The number of ether oxygens (including phenoxy) is 1. The third kappa shape index (κ3) is 6.71. The van der Waals surface area contributed by atoms with Crippen molar-refractivity contribution in [2.75, 3.05) is 6.61 Å². The van der Waals surface area contributed by atoms with Gasteiger partial charge in [0.2, 0.25) is 5.78 Å². The summed E-state index contributed by atoms with van der Waals surface area (Å²) in [5.41, 5.74) is 2.80. The molecule has 0 bridgehead atoms. The van der Waals surface area contributed by atoms with Crippen molar-refractivity contribution in [3.8, 4) is 0 Å². The van der Waals surface area contributed by atoms with E-state index in [1.807, 2.05) is 39.8 Å². The van der Waals surface area contributed by atoms with Gasteiger partial charge in [0.1, 0.15) is 6.04 Å². The van der Waals surface area contributed by atoms with E-state index in [2.05, 4.69) is 5.32 Å². The Morgan fingerprint density at radius 2 is 1.69 bits per heavy atom. The number of aryl methyl sites for hydroxylation is 2. The van der Waals surface area contributed by atoms with Crippen LogP contribution in [0.25, 0.3) is 0 Å². The molecule has 0 fully saturated rings. The molecule has 0 heterocycles. The zero-order valence-corrected chi connectivity index (χ0v) is 17.9. The second-order valence-electron chi connectivity index (χ2n) is 7.51. The number of esters is 1. The van der Waals surface area contributed by atoms with Crippen molar-refractivity contribution >= 4 is 29.3 Å². The van der Waals surface area contributed by atoms with Crippen molar-refractivity contribution in [3.63, 3.8) is 0 Å². The summed E-state index contributed by atoms with van der Waals surface area (Å²) in [5, 5.41) is 3.22. The van der Waals surface area contributed by atoms with Gasteiger partial charge in [-0.25, -0.2) is 4.79 Å². The molecule has 29 heavy (non-hydrogen) atoms. The van der Waals surface area contributed by atoms with Crippen LogP contribution in [0.1, 0.15) is 52.1 Å². The number of rotatable bonds is 8. The van der Waals surface area contributed by atoms with Crippen molar-refractivity contribution in [2.24, 2.45) is 5.92 Å². The lowest BCUT2D eigenvalue weighted by Crippen LogP contribution is -2.43. The lowest BCUT2D eigenvalue weighted by Gasteiger charge is -2.19. The van der Waals surface area contributed by atoms with Crippen LogP contribution in [0, 0.1) is 19.8 Å². The number of hydrogen-bond donors (Lipinski definition) is 1. The summed E-state index contributed by atoms with van der Waals surface area (Å²) >= 11 is 5.84. The number of benzene rings is 2. The summed E-state index contributed by atoms with van der Waals surface area (Å²) in [6, 6.07) is 11.0. The first-order chi connectivity index (χ1) is 13.7. The van der Waals surface area contributed by atoms with Gasteiger partial charge in [-0.2, -0.15) is 0 Å². The Balaban J connectivity index is 2.03. The molecule has 2 aromatic carbocycles. The van der Waals surface area contributed by atoms with E-state index in [0.717, 1.165) is 11.1 Å². The second kappa shape index (κ2) is 10.2. The van der Waals surface area contributed by atoms with Gasteiger partial charge in [-0.3, -0.25) is 9.59 Å². The summed E-state index contributed by atoms with van der Waals surface area (Å²) in [6.07, 6.45) is 0.399. The molecule has 0 radical (unpaired) electrons. The number of hydrogen-bond acceptors (Lipinski definition) is 4. The highest BCUT2D eigenvalue weighted by Gasteiger charge is 2.25. The number of ketones is 1. The lowest BCUT2D eigenvalue weighted by molar-refractivity contribution is -0.145. The number of carbonyl (C=O) groups excluding carboxylic acids is 3. The second-order valence-corrected chi connectivity index (χ2v) is 7.95. The van der Waals surface area contributed by atoms with Crippen LogP contribution in [0.3, 0.4) is 0 Å². The lowest BCUT2D eigenvalue weighted by atomic mass is 10.0. The zero-order valence-electron chi connectivity index (χ0n) is 17.1. The quantitative estimate of drug-likeness (QED) is 0.508. The summed E-state index contributed by atoms with van der Waals surface area (Å²) in [7, 11) is 0. The monoisotopic (exact) mass is 415 g/mol. The molecule has 6 heteroatoms. The fourth-order valence-electron chi connectivity index (χ4n) is 2.97. The average molecular weight is 416 g/mol. The van der Waals surface area contributed by atoms with Gasteiger partial charge in [0.15, 0.2) is 6.61 Å². The van der Waals surface area contributed by atoms with E-state index < -0.39 is 17.9 Å². The molecule has 0 aliphatic rings. The predicted octanol–water partition coefficient (Wildman–Crippen LogP) is 4.53. The van der Waals surface area contributed by atoms with Crippen molar-refractivity contribution in [2.45, 2.75) is 40.2 Å². The maximum atomic E-state index is 12.6. The van der Waals surface area contributed by atoms with E-state index in [4.69, 9.17) is 16.3 Å². The van der Waals surface area contributed by atoms with Crippen molar-refractivity contribution < 1.29 is 19.1 Å². The summed E-state index contributed by atoms with van der Waals surface area (Å²) in [6.45, 7) is 7.30. The first-order valence-electron chi connectivity index (χ1n) is 9.51. The van der Waals surface area contributed by atoms with Gasteiger partial charge in [0.25, 0.3) is 5.91 Å². The molecule has 1 amide bonds. The third-order valence-electron chi connectivity index (χ3n) is 4.43. The molecule has 2 aromatic rings. The van der Waals surface area contributed by atoms with Gasteiger partial charge in [0, 0.05) is 16.1 Å². The van der Waals surface area contributed by atoms with Crippen LogP contribution in [0.5, 0.6) is 0 Å². The van der Waals surface area contributed by atoms with E-state index in [-0.39, 0.29) is 18.3 Å². The van der Waals surface area contributed by atoms with Crippen LogP contribution < -0.4 is 5.32 Å². The molecule has 154 valence electrons. The summed E-state index contributed by atoms with van der Waals surface area (Å²) in [5.74, 6) is -1.15. The Bertz CT molecular complexity index is 890. The van der Waals surface area contributed by atoms with Gasteiger partial charge >= 0.3 is 5.97 Å². The molecule has 0 spiro atoms. The Kier molecular flexibility index (Phi) is 7.97. The maximum Gasteiger partial charge on any atom is 0.329 e. The summed E-state index contributed by atoms with van der Waals surface area (Å²) < 4.78 is 5.24. The average Bonchev–Trinajstić information content (AvgIpc) is 2.65. The molecule has 5 nitrogen and oxygen atoms in total. The highest BCUT2D eigenvalue weighted by atomic mass is 35.5. The van der Waals surface area contributed by atoms with E-state index >= 15 is 0 Å². The zero-order chi connectivity index (χ0) is 21.6. The van der Waals surface area contributed by atoms with Crippen LogP contribution in [0.2, 0.25) is 5.02 Å². The molecule has 0 aliphatic heterocycles. The van der Waals surface area contributed by atoms with Crippen molar-refractivity contribution in [3.05, 3.63) is 69.7 Å². The molecule has 1 atom stereocenters. The minimum absolute atomic E-state index is 0.146. The molecule has 2 rings (SSSR count). The van der Waals surface area contributed by atoms with E-state index in [9.17, 15) is 14.4 Å². The van der Waals surface area contributed by atoms with E-state index in [1.54, 1.807) is 30.3 Å². The van der Waals surface area contributed by atoms with E-state index in [0.29, 0.717) is 22.6 Å². The van der Waals surface area contributed by atoms with Crippen molar-refractivity contribution in [1.82, 2.24) is 5.32 Å². The molecule has 0 saturated carbocycles. The molecule has 0 aliphatic carbocycles. The molecule has 0 aromatic heterocycles. The Morgan fingerprint density at radius 1 is 1.03 bits per heavy atom. The number of Topliss-reactive ketones (excluding diaryl/α,β-unsaturated/α-hetero) is 1. The highest BCUT2D eigenvalue weighted by Crippen LogP contribution is 2.14. The number of nitrogens with one attached hydrogen (secondary N) is 1. The maximum absolute atomic E-state index is 12.6. The Morgan fingerprint density at radius 3 is 2.28 bits per heavy atom. The predicted molar refractivity (Wildman–Crippen MR) is 113 cm³/mol. The summed E-state index contributed by atoms with van der Waals surface area (Å²) in [4.78, 5) is 37.4. The van der Waals surface area contributed by atoms with Crippen LogP contribution in [0.4, 0.5) is 0 Å². The Labute approximate surface area is 176 Å². The fourth-order valence-corrected chi connectivity index (χ4v) is 3.10. The van der Waals surface area contributed by atoms with Crippen LogP contribution in [0.15, 0.2) is 42.5 Å². The van der Waals surface area contributed by atoms with Crippen LogP contribution in [-0.4, -0.2) is 30.3 Å². The molecular weight excluding hydrogens is 390 g/mol. The molecule has 0 unspecified atom stereocenters. The van der Waals surface area contributed by atoms with Gasteiger partial charge in [-0.1, -0.05) is 49.2 Å². The first kappa shape index (κ1) is 22.6. The topological polar surface area (TPSA) is 72.5 Å². The fraction of sp³-hybridized carbons (Fsp3) is 0.348. The first-order valence-corrected chi connectivity index (χ1v) is 9.88. The van der Waals surface area contributed by atoms with Crippen molar-refractivity contribution in [1.29, 1.82) is 0 Å². The largest absolute Gasteiger partial charge is 0.456 e. The standard InChI is InChI=1S/C23H26ClNO4/c1-14(2)11-20(25-22(27)17-6-8-18(24)9-7-17)23(28)29-13-21(26)19-10-5-15(3)12-16(19)4/h5-10,12,14,20H,11,13H2,1-4H3,(H,25,27)/t20-/m1/s1. The smallest absolute Gasteiger partial charge is 0.329 e. The van der Waals surface area contributed by atoms with Crippen LogP contribution >= 0.6 is 11.6 Å². The number of halogens is 1. The van der Waals surface area contributed by atoms with Crippen LogP contribution in [-0.2, 0) is 9.53 Å².